The third-order valence-electron chi connectivity index (χ3n) is 2.76. The number of thiazole rings is 1. The lowest BCUT2D eigenvalue weighted by molar-refractivity contribution is -0.139. The van der Waals surface area contributed by atoms with Crippen LogP contribution in [0.25, 0.3) is 0 Å². The number of rotatable bonds is 2. The Bertz CT molecular complexity index is 384. The summed E-state index contributed by atoms with van der Waals surface area (Å²) in [7, 11) is 0. The molecule has 1 aromatic rings. The van der Waals surface area contributed by atoms with Gasteiger partial charge in [0.15, 0.2) is 0 Å². The van der Waals surface area contributed by atoms with Crippen molar-refractivity contribution in [1.82, 2.24) is 4.98 Å². The number of hydrogen-bond acceptors (Lipinski definition) is 3. The maximum absolute atomic E-state index is 11.1. The first-order valence-electron chi connectivity index (χ1n) is 5.32. The molecular formula is C11H15NO2S. The highest BCUT2D eigenvalue weighted by Crippen LogP contribution is 2.36. The molecule has 15 heavy (non-hydrogen) atoms. The minimum atomic E-state index is -0.725. The standard InChI is InChI=1S/C11H15NO2S/c1-6(2)10-12-9-7(11(13)14)4-3-5-8(9)15-10/h6-7H,3-5H2,1-2H3,(H,13,14). The molecule has 2 rings (SSSR count). The van der Waals surface area contributed by atoms with Crippen LogP contribution in [-0.2, 0) is 11.2 Å². The Morgan fingerprint density at radius 2 is 2.33 bits per heavy atom. The van der Waals surface area contributed by atoms with Gasteiger partial charge in [-0.25, -0.2) is 4.98 Å². The fourth-order valence-corrected chi connectivity index (χ4v) is 3.10. The van der Waals surface area contributed by atoms with Gasteiger partial charge in [0.05, 0.1) is 16.6 Å². The van der Waals surface area contributed by atoms with E-state index in [1.165, 1.54) is 4.88 Å². The first-order chi connectivity index (χ1) is 7.09. The van der Waals surface area contributed by atoms with Crippen LogP contribution in [0.15, 0.2) is 0 Å². The van der Waals surface area contributed by atoms with Crippen molar-refractivity contribution in [2.75, 3.05) is 0 Å². The molecule has 0 bridgehead atoms. The van der Waals surface area contributed by atoms with Gasteiger partial charge in [0.2, 0.25) is 0 Å². The van der Waals surface area contributed by atoms with Crippen molar-refractivity contribution in [2.45, 2.75) is 44.9 Å². The summed E-state index contributed by atoms with van der Waals surface area (Å²) in [6.07, 6.45) is 2.72. The zero-order valence-electron chi connectivity index (χ0n) is 8.99. The Balaban J connectivity index is 2.38. The van der Waals surface area contributed by atoms with E-state index in [-0.39, 0.29) is 5.92 Å². The van der Waals surface area contributed by atoms with Gasteiger partial charge in [0, 0.05) is 10.8 Å². The topological polar surface area (TPSA) is 50.2 Å². The van der Waals surface area contributed by atoms with Gasteiger partial charge in [0.25, 0.3) is 0 Å². The van der Waals surface area contributed by atoms with Crippen LogP contribution in [0.1, 0.15) is 54.1 Å². The number of aromatic nitrogens is 1. The SMILES string of the molecule is CC(C)c1nc2c(s1)CCCC2C(=O)O. The van der Waals surface area contributed by atoms with E-state index in [1.54, 1.807) is 11.3 Å². The molecule has 1 aliphatic carbocycles. The number of aryl methyl sites for hydroxylation is 1. The molecule has 1 atom stereocenters. The molecule has 0 saturated heterocycles. The van der Waals surface area contributed by atoms with Crippen LogP contribution in [0.5, 0.6) is 0 Å². The summed E-state index contributed by atoms with van der Waals surface area (Å²) in [5.41, 5.74) is 0.836. The highest BCUT2D eigenvalue weighted by molar-refractivity contribution is 7.11. The molecule has 1 aliphatic rings. The summed E-state index contributed by atoms with van der Waals surface area (Å²) in [5, 5.41) is 10.2. The van der Waals surface area contributed by atoms with Crippen LogP contribution in [0.3, 0.4) is 0 Å². The minimum Gasteiger partial charge on any atom is -0.481 e. The molecule has 0 fully saturated rings. The molecule has 4 heteroatoms. The average Bonchev–Trinajstić information content (AvgIpc) is 2.60. The Morgan fingerprint density at radius 1 is 1.60 bits per heavy atom. The van der Waals surface area contributed by atoms with Gasteiger partial charge in [-0.1, -0.05) is 13.8 Å². The highest BCUT2D eigenvalue weighted by Gasteiger charge is 2.30. The molecule has 82 valence electrons. The first-order valence-corrected chi connectivity index (χ1v) is 6.13. The largest absolute Gasteiger partial charge is 0.481 e. The second-order valence-corrected chi connectivity index (χ2v) is 5.41. The Kier molecular flexibility index (Phi) is 2.78. The number of carboxylic acids is 1. The van der Waals surface area contributed by atoms with E-state index in [0.717, 1.165) is 30.0 Å². The van der Waals surface area contributed by atoms with Crippen molar-refractivity contribution in [1.29, 1.82) is 0 Å². The Labute approximate surface area is 93.2 Å². The number of fused-ring (bicyclic) bond motifs is 1. The van der Waals surface area contributed by atoms with E-state index in [1.807, 2.05) is 0 Å². The van der Waals surface area contributed by atoms with Gasteiger partial charge in [-0.05, 0) is 19.3 Å². The zero-order chi connectivity index (χ0) is 11.0. The van der Waals surface area contributed by atoms with Crippen LogP contribution >= 0.6 is 11.3 Å². The zero-order valence-corrected chi connectivity index (χ0v) is 9.80. The molecule has 1 heterocycles. The number of carboxylic acid groups (broad SMARTS) is 1. The van der Waals surface area contributed by atoms with Crippen molar-refractivity contribution in [3.8, 4) is 0 Å². The number of nitrogens with zero attached hydrogens (tertiary/aromatic N) is 1. The lowest BCUT2D eigenvalue weighted by atomic mass is 9.91. The molecule has 1 unspecified atom stereocenters. The molecule has 0 amide bonds. The molecule has 0 aliphatic heterocycles. The molecule has 3 nitrogen and oxygen atoms in total. The second-order valence-electron chi connectivity index (χ2n) is 4.30. The maximum atomic E-state index is 11.1. The molecule has 0 radical (unpaired) electrons. The maximum Gasteiger partial charge on any atom is 0.312 e. The van der Waals surface area contributed by atoms with Gasteiger partial charge >= 0.3 is 5.97 Å². The summed E-state index contributed by atoms with van der Waals surface area (Å²) in [5.74, 6) is -0.691. The van der Waals surface area contributed by atoms with Crippen molar-refractivity contribution < 1.29 is 9.90 Å². The van der Waals surface area contributed by atoms with Crippen LogP contribution in [-0.4, -0.2) is 16.1 Å². The highest BCUT2D eigenvalue weighted by atomic mass is 32.1. The number of carbonyl (C=O) groups is 1. The molecule has 1 aromatic heterocycles. The van der Waals surface area contributed by atoms with Gasteiger partial charge in [-0.15, -0.1) is 11.3 Å². The molecular weight excluding hydrogens is 210 g/mol. The lowest BCUT2D eigenvalue weighted by Crippen LogP contribution is -2.17. The normalized spacial score (nSPS) is 20.3. The van der Waals surface area contributed by atoms with Crippen LogP contribution < -0.4 is 0 Å². The summed E-state index contributed by atoms with van der Waals surface area (Å²) in [6, 6.07) is 0. The fraction of sp³-hybridized carbons (Fsp3) is 0.636. The predicted molar refractivity (Wildman–Crippen MR) is 59.5 cm³/mol. The summed E-state index contributed by atoms with van der Waals surface area (Å²) < 4.78 is 0. The molecule has 0 spiro atoms. The van der Waals surface area contributed by atoms with Crippen molar-refractivity contribution in [3.05, 3.63) is 15.6 Å². The average molecular weight is 225 g/mol. The van der Waals surface area contributed by atoms with Crippen LogP contribution in [0.4, 0.5) is 0 Å². The number of hydrogen-bond donors (Lipinski definition) is 1. The molecule has 0 saturated carbocycles. The third-order valence-corrected chi connectivity index (χ3v) is 4.19. The van der Waals surface area contributed by atoms with E-state index >= 15 is 0 Å². The predicted octanol–water partition coefficient (Wildman–Crippen LogP) is 2.77. The summed E-state index contributed by atoms with van der Waals surface area (Å²) in [6.45, 7) is 4.19. The smallest absolute Gasteiger partial charge is 0.312 e. The van der Waals surface area contributed by atoms with Crippen LogP contribution in [0, 0.1) is 0 Å². The van der Waals surface area contributed by atoms with Crippen LogP contribution in [0.2, 0.25) is 0 Å². The monoisotopic (exact) mass is 225 g/mol. The first kappa shape index (κ1) is 10.6. The van der Waals surface area contributed by atoms with E-state index < -0.39 is 5.97 Å². The minimum absolute atomic E-state index is 0.363. The second kappa shape index (κ2) is 3.93. The van der Waals surface area contributed by atoms with Gasteiger partial charge in [0.1, 0.15) is 0 Å². The fourth-order valence-electron chi connectivity index (χ4n) is 1.92. The summed E-state index contributed by atoms with van der Waals surface area (Å²) in [4.78, 5) is 16.7. The summed E-state index contributed by atoms with van der Waals surface area (Å²) >= 11 is 1.69. The van der Waals surface area contributed by atoms with E-state index in [2.05, 4.69) is 18.8 Å². The Hall–Kier alpha value is -0.900. The quantitative estimate of drug-likeness (QED) is 0.842. The van der Waals surface area contributed by atoms with Crippen molar-refractivity contribution in [2.24, 2.45) is 0 Å². The van der Waals surface area contributed by atoms with E-state index in [0.29, 0.717) is 5.92 Å². The number of aliphatic carboxylic acids is 1. The van der Waals surface area contributed by atoms with Gasteiger partial charge in [-0.3, -0.25) is 4.79 Å². The Morgan fingerprint density at radius 3 is 2.93 bits per heavy atom. The van der Waals surface area contributed by atoms with Gasteiger partial charge < -0.3 is 5.11 Å². The molecule has 1 N–H and O–H groups in total. The van der Waals surface area contributed by atoms with E-state index in [4.69, 9.17) is 5.11 Å². The lowest BCUT2D eigenvalue weighted by Gasteiger charge is -2.16. The van der Waals surface area contributed by atoms with Gasteiger partial charge in [-0.2, -0.15) is 0 Å². The van der Waals surface area contributed by atoms with E-state index in [9.17, 15) is 4.79 Å². The third kappa shape index (κ3) is 1.91. The van der Waals surface area contributed by atoms with Crippen molar-refractivity contribution >= 4 is 17.3 Å². The van der Waals surface area contributed by atoms with Crippen molar-refractivity contribution in [3.63, 3.8) is 0 Å². The molecule has 0 aromatic carbocycles.